The molecule has 2 unspecified atom stereocenters. The summed E-state index contributed by atoms with van der Waals surface area (Å²) in [5, 5.41) is 7.06. The highest BCUT2D eigenvalue weighted by Gasteiger charge is 2.23. The van der Waals surface area contributed by atoms with Crippen LogP contribution >= 0.6 is 0 Å². The molecule has 0 aliphatic carbocycles. The van der Waals surface area contributed by atoms with Gasteiger partial charge in [-0.15, -0.1) is 0 Å². The highest BCUT2D eigenvalue weighted by molar-refractivity contribution is 5.74. The normalized spacial score (nSPS) is 22.9. The van der Waals surface area contributed by atoms with Crippen LogP contribution in [0.1, 0.15) is 19.2 Å². The fraction of sp³-hybridized carbons (Fsp3) is 0.769. The SMILES string of the molecule is CC(COC1CCOC1)NC(=O)N1CCn2ncnc2C1. The van der Waals surface area contributed by atoms with Crippen molar-refractivity contribution in [2.24, 2.45) is 0 Å². The number of nitrogens with one attached hydrogen (secondary N) is 1. The fourth-order valence-electron chi connectivity index (χ4n) is 2.50. The van der Waals surface area contributed by atoms with E-state index in [1.807, 2.05) is 11.6 Å². The maximum atomic E-state index is 12.2. The molecule has 0 bridgehead atoms. The van der Waals surface area contributed by atoms with Gasteiger partial charge in [0.15, 0.2) is 0 Å². The molecule has 1 N–H and O–H groups in total. The van der Waals surface area contributed by atoms with Crippen molar-refractivity contribution in [2.45, 2.75) is 38.6 Å². The maximum absolute atomic E-state index is 12.2. The summed E-state index contributed by atoms with van der Waals surface area (Å²) in [4.78, 5) is 18.1. The van der Waals surface area contributed by atoms with Gasteiger partial charge in [0.2, 0.25) is 0 Å². The summed E-state index contributed by atoms with van der Waals surface area (Å²) in [5.74, 6) is 0.823. The van der Waals surface area contributed by atoms with Crippen molar-refractivity contribution in [1.29, 1.82) is 0 Å². The molecule has 116 valence electrons. The molecule has 2 amide bonds. The van der Waals surface area contributed by atoms with E-state index in [-0.39, 0.29) is 18.2 Å². The van der Waals surface area contributed by atoms with Gasteiger partial charge >= 0.3 is 6.03 Å². The third kappa shape index (κ3) is 3.51. The molecule has 1 aromatic rings. The molecule has 8 heteroatoms. The first-order valence-electron chi connectivity index (χ1n) is 7.34. The van der Waals surface area contributed by atoms with Gasteiger partial charge in [0, 0.05) is 13.2 Å². The summed E-state index contributed by atoms with van der Waals surface area (Å²) in [6.45, 7) is 5.70. The molecule has 2 aliphatic rings. The monoisotopic (exact) mass is 295 g/mol. The van der Waals surface area contributed by atoms with E-state index in [9.17, 15) is 4.79 Å². The molecule has 3 heterocycles. The molecule has 3 rings (SSSR count). The van der Waals surface area contributed by atoms with Gasteiger partial charge in [0.1, 0.15) is 12.2 Å². The van der Waals surface area contributed by atoms with E-state index in [0.717, 1.165) is 18.9 Å². The van der Waals surface area contributed by atoms with Gasteiger partial charge in [0.25, 0.3) is 0 Å². The summed E-state index contributed by atoms with van der Waals surface area (Å²) in [7, 11) is 0. The van der Waals surface area contributed by atoms with Gasteiger partial charge in [0.05, 0.1) is 38.4 Å². The maximum Gasteiger partial charge on any atom is 0.318 e. The number of rotatable bonds is 4. The van der Waals surface area contributed by atoms with Crippen molar-refractivity contribution < 1.29 is 14.3 Å². The van der Waals surface area contributed by atoms with Gasteiger partial charge in [-0.3, -0.25) is 0 Å². The van der Waals surface area contributed by atoms with Crippen LogP contribution in [0.4, 0.5) is 4.79 Å². The lowest BCUT2D eigenvalue weighted by atomic mass is 10.3. The van der Waals surface area contributed by atoms with Crippen LogP contribution in [-0.2, 0) is 22.6 Å². The Labute approximate surface area is 123 Å². The molecule has 8 nitrogen and oxygen atoms in total. The van der Waals surface area contributed by atoms with Gasteiger partial charge in [-0.25, -0.2) is 14.5 Å². The Balaban J connectivity index is 1.43. The topological polar surface area (TPSA) is 81.5 Å². The number of amides is 2. The average molecular weight is 295 g/mol. The third-order valence-electron chi connectivity index (χ3n) is 3.74. The fourth-order valence-corrected chi connectivity index (χ4v) is 2.50. The van der Waals surface area contributed by atoms with E-state index in [0.29, 0.717) is 32.8 Å². The number of urea groups is 1. The Bertz CT molecular complexity index is 486. The van der Waals surface area contributed by atoms with Crippen molar-refractivity contribution >= 4 is 6.03 Å². The summed E-state index contributed by atoms with van der Waals surface area (Å²) in [6, 6.07) is -0.110. The van der Waals surface area contributed by atoms with Gasteiger partial charge in [-0.1, -0.05) is 0 Å². The standard InChI is InChI=1S/C13H21N5O3/c1-10(7-21-11-2-5-20-8-11)16-13(19)17-3-4-18-12(6-17)14-9-15-18/h9-11H,2-8H2,1H3,(H,16,19). The number of hydrogen-bond donors (Lipinski definition) is 1. The number of carbonyl (C=O) groups excluding carboxylic acids is 1. The Kier molecular flexibility index (Phi) is 4.35. The molecule has 21 heavy (non-hydrogen) atoms. The lowest BCUT2D eigenvalue weighted by Crippen LogP contribution is -2.48. The second-order valence-electron chi connectivity index (χ2n) is 5.49. The van der Waals surface area contributed by atoms with Crippen LogP contribution in [0.3, 0.4) is 0 Å². The van der Waals surface area contributed by atoms with Crippen molar-refractivity contribution in [3.63, 3.8) is 0 Å². The van der Waals surface area contributed by atoms with E-state index in [2.05, 4.69) is 15.4 Å². The van der Waals surface area contributed by atoms with Crippen molar-refractivity contribution in [3.8, 4) is 0 Å². The number of fused-ring (bicyclic) bond motifs is 1. The molecule has 2 aliphatic heterocycles. The van der Waals surface area contributed by atoms with Gasteiger partial charge < -0.3 is 19.7 Å². The number of ether oxygens (including phenoxy) is 2. The largest absolute Gasteiger partial charge is 0.379 e. The second-order valence-corrected chi connectivity index (χ2v) is 5.49. The smallest absolute Gasteiger partial charge is 0.318 e. The summed E-state index contributed by atoms with van der Waals surface area (Å²) in [5.41, 5.74) is 0. The molecule has 0 saturated carbocycles. The minimum Gasteiger partial charge on any atom is -0.379 e. The first kappa shape index (κ1) is 14.3. The summed E-state index contributed by atoms with van der Waals surface area (Å²) in [6.07, 6.45) is 2.62. The Hall–Kier alpha value is -1.67. The molecule has 2 atom stereocenters. The second kappa shape index (κ2) is 6.40. The lowest BCUT2D eigenvalue weighted by molar-refractivity contribution is 0.0328. The highest BCUT2D eigenvalue weighted by atomic mass is 16.5. The van der Waals surface area contributed by atoms with Crippen LogP contribution in [0.25, 0.3) is 0 Å². The number of nitrogens with zero attached hydrogens (tertiary/aromatic N) is 4. The van der Waals surface area contributed by atoms with E-state index in [1.54, 1.807) is 4.90 Å². The average Bonchev–Trinajstić information content (AvgIpc) is 3.15. The molecule has 1 saturated heterocycles. The van der Waals surface area contributed by atoms with Crippen LogP contribution < -0.4 is 5.32 Å². The van der Waals surface area contributed by atoms with Crippen LogP contribution in [0.2, 0.25) is 0 Å². The number of aromatic nitrogens is 3. The zero-order chi connectivity index (χ0) is 14.7. The molecule has 0 aromatic carbocycles. The molecule has 0 spiro atoms. The first-order chi connectivity index (χ1) is 10.2. The number of hydrogen-bond acceptors (Lipinski definition) is 5. The minimum atomic E-state index is -0.0805. The molecule has 0 radical (unpaired) electrons. The molecular weight excluding hydrogens is 274 g/mol. The molecular formula is C13H21N5O3. The predicted octanol–water partition coefficient (Wildman–Crippen LogP) is -0.00270. The minimum absolute atomic E-state index is 0.0297. The van der Waals surface area contributed by atoms with Crippen LogP contribution in [0, 0.1) is 0 Å². The zero-order valence-electron chi connectivity index (χ0n) is 12.2. The van der Waals surface area contributed by atoms with Crippen LogP contribution in [-0.4, -0.2) is 64.2 Å². The van der Waals surface area contributed by atoms with Crippen LogP contribution in [0.5, 0.6) is 0 Å². The number of carbonyl (C=O) groups is 1. The quantitative estimate of drug-likeness (QED) is 0.845. The zero-order valence-corrected chi connectivity index (χ0v) is 12.2. The summed E-state index contributed by atoms with van der Waals surface area (Å²) >= 11 is 0. The van der Waals surface area contributed by atoms with E-state index < -0.39 is 0 Å². The van der Waals surface area contributed by atoms with Crippen molar-refractivity contribution in [2.75, 3.05) is 26.4 Å². The van der Waals surface area contributed by atoms with E-state index >= 15 is 0 Å². The predicted molar refractivity (Wildman–Crippen MR) is 73.6 cm³/mol. The van der Waals surface area contributed by atoms with Gasteiger partial charge in [-0.2, -0.15) is 5.10 Å². The van der Waals surface area contributed by atoms with E-state index in [1.165, 1.54) is 6.33 Å². The highest BCUT2D eigenvalue weighted by Crippen LogP contribution is 2.10. The van der Waals surface area contributed by atoms with Gasteiger partial charge in [-0.05, 0) is 13.3 Å². The Morgan fingerprint density at radius 2 is 2.52 bits per heavy atom. The van der Waals surface area contributed by atoms with Crippen LogP contribution in [0.15, 0.2) is 6.33 Å². The van der Waals surface area contributed by atoms with E-state index in [4.69, 9.17) is 9.47 Å². The summed E-state index contributed by atoms with van der Waals surface area (Å²) < 4.78 is 12.8. The Morgan fingerprint density at radius 3 is 3.33 bits per heavy atom. The molecule has 1 fully saturated rings. The Morgan fingerprint density at radius 1 is 1.62 bits per heavy atom. The first-order valence-corrected chi connectivity index (χ1v) is 7.34. The third-order valence-corrected chi connectivity index (χ3v) is 3.74. The van der Waals surface area contributed by atoms with Crippen molar-refractivity contribution in [3.05, 3.63) is 12.2 Å². The van der Waals surface area contributed by atoms with Crippen molar-refractivity contribution in [1.82, 2.24) is 25.0 Å². The lowest BCUT2D eigenvalue weighted by Gasteiger charge is -2.28. The molecule has 1 aromatic heterocycles.